The van der Waals surface area contributed by atoms with E-state index < -0.39 is 0 Å². The molecule has 4 nitrogen and oxygen atoms in total. The van der Waals surface area contributed by atoms with Gasteiger partial charge in [-0.05, 0) is 23.6 Å². The van der Waals surface area contributed by atoms with Crippen LogP contribution in [0.1, 0.15) is 31.1 Å². The fourth-order valence-corrected chi connectivity index (χ4v) is 3.02. The molecule has 0 unspecified atom stereocenters. The van der Waals surface area contributed by atoms with Gasteiger partial charge in [-0.2, -0.15) is 0 Å². The Morgan fingerprint density at radius 2 is 2.09 bits per heavy atom. The molecule has 1 aliphatic rings. The van der Waals surface area contributed by atoms with E-state index in [-0.39, 0.29) is 10.8 Å². The van der Waals surface area contributed by atoms with E-state index in [1.807, 2.05) is 0 Å². The van der Waals surface area contributed by atoms with Crippen molar-refractivity contribution in [2.45, 2.75) is 39.9 Å². The number of benzene rings is 1. The molecule has 0 aliphatic carbocycles. The minimum absolute atomic E-state index is 0.178. The van der Waals surface area contributed by atoms with Crippen LogP contribution in [-0.2, 0) is 26.1 Å². The fourth-order valence-electron chi connectivity index (χ4n) is 2.82. The Balaban J connectivity index is 1.69. The summed E-state index contributed by atoms with van der Waals surface area (Å²) in [5.41, 5.74) is 1.02. The summed E-state index contributed by atoms with van der Waals surface area (Å²) in [5, 5.41) is 8.82. The molecule has 1 aromatic carbocycles. The highest BCUT2D eigenvalue weighted by Crippen LogP contribution is 2.20. The van der Waals surface area contributed by atoms with Crippen molar-refractivity contribution in [2.24, 2.45) is 5.92 Å². The van der Waals surface area contributed by atoms with Crippen molar-refractivity contribution in [3.63, 3.8) is 0 Å². The number of rotatable bonds is 4. The first kappa shape index (κ1) is 15.4. The zero-order valence-electron chi connectivity index (χ0n) is 12.9. The normalized spacial score (nSPS) is 15.3. The molecule has 0 radical (unpaired) electrons. The second kappa shape index (κ2) is 6.34. The molecule has 0 saturated heterocycles. The van der Waals surface area contributed by atoms with Gasteiger partial charge in [-0.3, -0.25) is 4.90 Å². The Morgan fingerprint density at radius 3 is 2.82 bits per heavy atom. The van der Waals surface area contributed by atoms with Crippen LogP contribution < -0.4 is 0 Å². The predicted molar refractivity (Wildman–Crippen MR) is 84.1 cm³/mol. The summed E-state index contributed by atoms with van der Waals surface area (Å²) < 4.78 is 15.4. The van der Waals surface area contributed by atoms with Crippen LogP contribution in [-0.4, -0.2) is 26.2 Å². The Hall–Kier alpha value is -1.46. The first-order valence-corrected chi connectivity index (χ1v) is 7.98. The van der Waals surface area contributed by atoms with Gasteiger partial charge in [0.2, 0.25) is 0 Å². The predicted octanol–water partition coefficient (Wildman–Crippen LogP) is 3.28. The van der Waals surface area contributed by atoms with Crippen molar-refractivity contribution >= 4 is 11.6 Å². The molecule has 0 N–H and O–H groups in total. The lowest BCUT2D eigenvalue weighted by Crippen LogP contribution is -2.34. The highest BCUT2D eigenvalue weighted by molar-refractivity contribution is 6.30. The highest BCUT2D eigenvalue weighted by Gasteiger charge is 2.21. The van der Waals surface area contributed by atoms with E-state index in [9.17, 15) is 4.39 Å². The molecule has 0 saturated carbocycles. The van der Waals surface area contributed by atoms with E-state index >= 15 is 0 Å². The van der Waals surface area contributed by atoms with Crippen LogP contribution in [0.2, 0.25) is 5.02 Å². The van der Waals surface area contributed by atoms with E-state index in [2.05, 4.69) is 33.5 Å². The summed E-state index contributed by atoms with van der Waals surface area (Å²) in [6, 6.07) is 4.90. The molecule has 0 bridgehead atoms. The van der Waals surface area contributed by atoms with Crippen LogP contribution in [0.15, 0.2) is 18.2 Å². The maximum absolute atomic E-state index is 13.2. The largest absolute Gasteiger partial charge is 0.313 e. The Bertz CT molecular complexity index is 668. The lowest BCUT2D eigenvalue weighted by molar-refractivity contribution is 0.206. The minimum Gasteiger partial charge on any atom is -0.313 e. The molecular formula is C16H20ClFN4. The molecule has 118 valence electrons. The van der Waals surface area contributed by atoms with Gasteiger partial charge in [-0.25, -0.2) is 4.39 Å². The van der Waals surface area contributed by atoms with Gasteiger partial charge in [-0.1, -0.05) is 31.5 Å². The number of aromatic nitrogens is 3. The van der Waals surface area contributed by atoms with Crippen molar-refractivity contribution in [3.8, 4) is 0 Å². The zero-order chi connectivity index (χ0) is 15.7. The second-order valence-electron chi connectivity index (χ2n) is 6.24. The van der Waals surface area contributed by atoms with Crippen LogP contribution >= 0.6 is 11.6 Å². The number of fused-ring (bicyclic) bond motifs is 1. The molecule has 0 amide bonds. The monoisotopic (exact) mass is 322 g/mol. The van der Waals surface area contributed by atoms with E-state index in [0.29, 0.717) is 5.92 Å². The molecule has 0 fully saturated rings. The third kappa shape index (κ3) is 3.31. The van der Waals surface area contributed by atoms with Gasteiger partial charge in [0.1, 0.15) is 17.5 Å². The number of hydrogen-bond acceptors (Lipinski definition) is 3. The molecule has 0 atom stereocenters. The van der Waals surface area contributed by atoms with Crippen molar-refractivity contribution in [1.82, 2.24) is 19.7 Å². The van der Waals surface area contributed by atoms with Crippen molar-refractivity contribution < 1.29 is 4.39 Å². The summed E-state index contributed by atoms with van der Waals surface area (Å²) in [7, 11) is 0. The van der Waals surface area contributed by atoms with Crippen molar-refractivity contribution in [3.05, 3.63) is 46.3 Å². The van der Waals surface area contributed by atoms with Gasteiger partial charge in [-0.15, -0.1) is 10.2 Å². The van der Waals surface area contributed by atoms with Gasteiger partial charge >= 0.3 is 0 Å². The lowest BCUT2D eigenvalue weighted by Gasteiger charge is -2.28. The summed E-state index contributed by atoms with van der Waals surface area (Å²) in [4.78, 5) is 2.28. The summed E-state index contributed by atoms with van der Waals surface area (Å²) in [6.07, 6.45) is 0.959. The molecule has 6 heteroatoms. The molecule has 2 heterocycles. The van der Waals surface area contributed by atoms with E-state index in [4.69, 9.17) is 11.6 Å². The topological polar surface area (TPSA) is 34.0 Å². The first-order valence-electron chi connectivity index (χ1n) is 7.60. The van der Waals surface area contributed by atoms with Gasteiger partial charge in [0, 0.05) is 26.1 Å². The van der Waals surface area contributed by atoms with E-state index in [1.54, 1.807) is 12.1 Å². The summed E-state index contributed by atoms with van der Waals surface area (Å²) >= 11 is 5.84. The van der Waals surface area contributed by atoms with Crippen LogP contribution in [0.3, 0.4) is 0 Å². The molecular weight excluding hydrogens is 303 g/mol. The maximum Gasteiger partial charge on any atom is 0.147 e. The zero-order valence-corrected chi connectivity index (χ0v) is 13.6. The molecule has 1 aromatic heterocycles. The minimum atomic E-state index is -0.373. The number of hydrogen-bond donors (Lipinski definition) is 0. The third-order valence-corrected chi connectivity index (χ3v) is 4.18. The standard InChI is InChI=1S/C16H20ClFN4/c1-11(2)7-15-19-20-16-10-21(5-6-22(15)16)9-12-3-4-14(18)13(17)8-12/h3-4,8,11H,5-7,9-10H2,1-2H3. The SMILES string of the molecule is CC(C)Cc1nnc2n1CCN(Cc1ccc(F)c(Cl)c1)C2. The second-order valence-corrected chi connectivity index (χ2v) is 6.65. The molecule has 1 aliphatic heterocycles. The smallest absolute Gasteiger partial charge is 0.147 e. The van der Waals surface area contributed by atoms with Crippen LogP contribution in [0.25, 0.3) is 0 Å². The Kier molecular flexibility index (Phi) is 4.45. The van der Waals surface area contributed by atoms with Crippen molar-refractivity contribution in [2.75, 3.05) is 6.54 Å². The first-order chi connectivity index (χ1) is 10.5. The van der Waals surface area contributed by atoms with E-state index in [0.717, 1.165) is 49.8 Å². The Morgan fingerprint density at radius 1 is 1.27 bits per heavy atom. The Labute approximate surface area is 134 Å². The van der Waals surface area contributed by atoms with Crippen LogP contribution in [0.5, 0.6) is 0 Å². The van der Waals surface area contributed by atoms with Crippen LogP contribution in [0, 0.1) is 11.7 Å². The molecule has 2 aromatic rings. The third-order valence-electron chi connectivity index (χ3n) is 3.89. The van der Waals surface area contributed by atoms with Crippen molar-refractivity contribution in [1.29, 1.82) is 0 Å². The molecule has 0 spiro atoms. The highest BCUT2D eigenvalue weighted by atomic mass is 35.5. The fraction of sp³-hybridized carbons (Fsp3) is 0.500. The molecule has 22 heavy (non-hydrogen) atoms. The lowest BCUT2D eigenvalue weighted by atomic mass is 10.1. The average molecular weight is 323 g/mol. The number of nitrogens with zero attached hydrogens (tertiary/aromatic N) is 4. The maximum atomic E-state index is 13.2. The van der Waals surface area contributed by atoms with Gasteiger partial charge < -0.3 is 4.57 Å². The summed E-state index contributed by atoms with van der Waals surface area (Å²) in [6.45, 7) is 7.72. The van der Waals surface area contributed by atoms with E-state index in [1.165, 1.54) is 6.07 Å². The van der Waals surface area contributed by atoms with Gasteiger partial charge in [0.25, 0.3) is 0 Å². The van der Waals surface area contributed by atoms with Gasteiger partial charge in [0.15, 0.2) is 0 Å². The average Bonchev–Trinajstić information content (AvgIpc) is 2.85. The van der Waals surface area contributed by atoms with Crippen LogP contribution in [0.4, 0.5) is 4.39 Å². The van der Waals surface area contributed by atoms with Gasteiger partial charge in [0.05, 0.1) is 11.6 Å². The number of halogens is 2. The summed E-state index contributed by atoms with van der Waals surface area (Å²) in [5.74, 6) is 2.29. The quantitative estimate of drug-likeness (QED) is 0.866. The molecule has 3 rings (SSSR count).